The molecule has 0 aliphatic rings. The summed E-state index contributed by atoms with van der Waals surface area (Å²) in [4.78, 5) is 72.3. The molecule has 0 aliphatic heterocycles. The van der Waals surface area contributed by atoms with Crippen LogP contribution in [0.4, 0.5) is 4.79 Å². The third kappa shape index (κ3) is 27.0. The van der Waals surface area contributed by atoms with Crippen LogP contribution in [-0.4, -0.2) is 85.5 Å². The third-order valence-corrected chi connectivity index (χ3v) is 8.62. The third-order valence-electron chi connectivity index (χ3n) is 8.62. The molecule has 1 aromatic rings. The number of alkyl carbamates (subject to hydrolysis) is 1. The van der Waals surface area contributed by atoms with E-state index in [1.165, 1.54) is 12.1 Å². The second kappa shape index (κ2) is 31.9. The molecule has 1 atom stereocenters. The number of Topliss-reactive ketones (excluding diaryl/α,β-unsaturated/α-hetero) is 1. The van der Waals surface area contributed by atoms with Crippen molar-refractivity contribution in [2.24, 2.45) is 5.92 Å². The van der Waals surface area contributed by atoms with Crippen LogP contribution < -0.4 is 5.32 Å². The normalized spacial score (nSPS) is 11.3. The topological polar surface area (TPSA) is 201 Å². The van der Waals surface area contributed by atoms with Crippen LogP contribution in [-0.2, 0) is 54.1 Å². The molecular formula is C41H65NO13. The van der Waals surface area contributed by atoms with Gasteiger partial charge >= 0.3 is 30.0 Å². The summed E-state index contributed by atoms with van der Waals surface area (Å²) in [5.41, 5.74) is 0.808. The van der Waals surface area contributed by atoms with E-state index in [1.54, 1.807) is 13.0 Å². The van der Waals surface area contributed by atoms with E-state index in [0.717, 1.165) is 18.4 Å². The van der Waals surface area contributed by atoms with E-state index in [9.17, 15) is 39.0 Å². The van der Waals surface area contributed by atoms with Gasteiger partial charge < -0.3 is 39.2 Å². The van der Waals surface area contributed by atoms with Gasteiger partial charge in [-0.15, -0.1) is 0 Å². The fraction of sp³-hybridized carbons (Fsp3) is 0.707. The fourth-order valence-electron chi connectivity index (χ4n) is 5.51. The number of hydrogen-bond acceptors (Lipinski definition) is 13. The summed E-state index contributed by atoms with van der Waals surface area (Å²) in [5, 5.41) is 21.7. The van der Waals surface area contributed by atoms with Crippen LogP contribution >= 0.6 is 0 Å². The monoisotopic (exact) mass is 779 g/mol. The number of amides is 1. The molecule has 312 valence electrons. The molecule has 0 aromatic heterocycles. The van der Waals surface area contributed by atoms with Crippen LogP contribution in [0.25, 0.3) is 0 Å². The molecule has 14 heteroatoms. The highest BCUT2D eigenvalue weighted by atomic mass is 16.6. The van der Waals surface area contributed by atoms with Gasteiger partial charge in [-0.25, -0.2) is 4.79 Å². The van der Waals surface area contributed by atoms with Gasteiger partial charge in [-0.05, 0) is 108 Å². The van der Waals surface area contributed by atoms with Crippen molar-refractivity contribution in [3.8, 4) is 11.5 Å². The van der Waals surface area contributed by atoms with Gasteiger partial charge in [-0.1, -0.05) is 25.8 Å². The summed E-state index contributed by atoms with van der Waals surface area (Å²) in [6, 6.07) is 4.57. The van der Waals surface area contributed by atoms with Crippen molar-refractivity contribution < 1.29 is 62.7 Å². The number of aromatic hydroxyl groups is 2. The zero-order valence-corrected chi connectivity index (χ0v) is 33.1. The van der Waals surface area contributed by atoms with Crippen molar-refractivity contribution in [1.29, 1.82) is 0 Å². The van der Waals surface area contributed by atoms with Crippen LogP contribution in [0.15, 0.2) is 18.2 Å². The summed E-state index contributed by atoms with van der Waals surface area (Å²) >= 11 is 0. The lowest BCUT2D eigenvalue weighted by atomic mass is 9.93. The number of hydrogen-bond donors (Lipinski definition) is 3. The minimum absolute atomic E-state index is 0.0350. The molecule has 0 radical (unpaired) electrons. The van der Waals surface area contributed by atoms with Gasteiger partial charge in [-0.3, -0.25) is 24.0 Å². The quantitative estimate of drug-likeness (QED) is 0.0281. The first-order valence-electron chi connectivity index (χ1n) is 20.1. The number of phenolic OH excluding ortho intramolecular Hbond substituents is 2. The number of carbonyl (C=O) groups excluding carboxylic acids is 6. The van der Waals surface area contributed by atoms with Crippen LogP contribution in [0, 0.1) is 5.92 Å². The van der Waals surface area contributed by atoms with E-state index >= 15 is 0 Å². The Bertz CT molecular complexity index is 1270. The SMILES string of the molecule is CCCNC(=O)OCCCCCC(=O)OCCCCOC(=O)CCCCCOC(=O)CCCCCC(CC(=O)CCCc1ccc(O)c(O)c1)C(=O)OCC. The van der Waals surface area contributed by atoms with Crippen LogP contribution in [0.3, 0.4) is 0 Å². The lowest BCUT2D eigenvalue weighted by molar-refractivity contribution is -0.150. The van der Waals surface area contributed by atoms with Gasteiger partial charge in [0, 0.05) is 38.6 Å². The Morgan fingerprint density at radius 2 is 1.13 bits per heavy atom. The van der Waals surface area contributed by atoms with Crippen molar-refractivity contribution >= 4 is 35.8 Å². The Morgan fingerprint density at radius 3 is 1.65 bits per heavy atom. The highest BCUT2D eigenvalue weighted by Crippen LogP contribution is 2.26. The molecular weight excluding hydrogens is 714 g/mol. The minimum atomic E-state index is -0.530. The molecule has 0 saturated heterocycles. The lowest BCUT2D eigenvalue weighted by Gasteiger charge is -2.15. The number of ketones is 1. The largest absolute Gasteiger partial charge is 0.504 e. The average Bonchev–Trinajstić information content (AvgIpc) is 3.15. The Hall–Kier alpha value is -4.36. The molecule has 1 amide bonds. The number of benzene rings is 1. The maximum absolute atomic E-state index is 12.6. The van der Waals surface area contributed by atoms with Gasteiger partial charge in [0.1, 0.15) is 5.78 Å². The summed E-state index contributed by atoms with van der Waals surface area (Å²) in [6.07, 6.45) is 10.5. The molecule has 0 spiro atoms. The van der Waals surface area contributed by atoms with Gasteiger partial charge in [0.15, 0.2) is 11.5 Å². The summed E-state index contributed by atoms with van der Waals surface area (Å²) < 4.78 is 25.9. The van der Waals surface area contributed by atoms with Crippen molar-refractivity contribution in [2.75, 3.05) is 39.6 Å². The molecule has 1 aromatic carbocycles. The lowest BCUT2D eigenvalue weighted by Crippen LogP contribution is -2.25. The standard InChI is InChI=1S/C41H65NO13/c1-3-25-42-41(50)55-29-13-7-11-22-39(48)54-28-15-14-27-53-38(47)21-10-6-12-26-52-37(46)20-9-5-8-18-33(40(49)51-4-2)31-34(43)19-16-17-32-23-24-35(44)36(45)30-32/h23-24,30,33,44-45H,3-22,25-29,31H2,1-2H3,(H,42,50). The zero-order valence-electron chi connectivity index (χ0n) is 33.1. The second-order valence-electron chi connectivity index (χ2n) is 13.5. The number of unbranched alkanes of at least 4 members (excludes halogenated alkanes) is 7. The van der Waals surface area contributed by atoms with Gasteiger partial charge in [-0.2, -0.15) is 0 Å². The van der Waals surface area contributed by atoms with Crippen molar-refractivity contribution in [1.82, 2.24) is 5.32 Å². The second-order valence-corrected chi connectivity index (χ2v) is 13.5. The zero-order chi connectivity index (χ0) is 40.5. The van der Waals surface area contributed by atoms with Crippen molar-refractivity contribution in [2.45, 2.75) is 142 Å². The van der Waals surface area contributed by atoms with E-state index in [1.807, 2.05) is 6.92 Å². The predicted molar refractivity (Wildman–Crippen MR) is 204 cm³/mol. The number of aryl methyl sites for hydroxylation is 1. The van der Waals surface area contributed by atoms with Crippen molar-refractivity contribution in [3.05, 3.63) is 23.8 Å². The smallest absolute Gasteiger partial charge is 0.407 e. The van der Waals surface area contributed by atoms with E-state index in [-0.39, 0.29) is 86.8 Å². The molecule has 0 bridgehead atoms. The summed E-state index contributed by atoms with van der Waals surface area (Å²) in [7, 11) is 0. The molecule has 0 aliphatic carbocycles. The summed E-state index contributed by atoms with van der Waals surface area (Å²) in [6.45, 7) is 5.63. The van der Waals surface area contributed by atoms with E-state index in [4.69, 9.17) is 23.7 Å². The average molecular weight is 780 g/mol. The molecule has 14 nitrogen and oxygen atoms in total. The van der Waals surface area contributed by atoms with Gasteiger partial charge in [0.2, 0.25) is 0 Å². The van der Waals surface area contributed by atoms with Crippen LogP contribution in [0.5, 0.6) is 11.5 Å². The number of nitrogens with one attached hydrogen (secondary N) is 1. The number of esters is 4. The number of rotatable bonds is 33. The van der Waals surface area contributed by atoms with Crippen LogP contribution in [0.1, 0.15) is 141 Å². The Morgan fingerprint density at radius 1 is 0.600 bits per heavy atom. The van der Waals surface area contributed by atoms with Crippen molar-refractivity contribution in [3.63, 3.8) is 0 Å². The number of ether oxygens (including phenoxy) is 5. The first kappa shape index (κ1) is 48.7. The molecule has 1 unspecified atom stereocenters. The van der Waals surface area contributed by atoms with E-state index in [0.29, 0.717) is 109 Å². The van der Waals surface area contributed by atoms with E-state index in [2.05, 4.69) is 5.32 Å². The van der Waals surface area contributed by atoms with Gasteiger partial charge in [0.05, 0.1) is 39.0 Å². The van der Waals surface area contributed by atoms with E-state index < -0.39 is 12.0 Å². The van der Waals surface area contributed by atoms with Gasteiger partial charge in [0.25, 0.3) is 0 Å². The maximum atomic E-state index is 12.6. The molecule has 0 fully saturated rings. The first-order chi connectivity index (χ1) is 26.5. The highest BCUT2D eigenvalue weighted by Gasteiger charge is 2.23. The highest BCUT2D eigenvalue weighted by molar-refractivity contribution is 5.84. The Kier molecular flexibility index (Phi) is 28.3. The molecule has 3 N–H and O–H groups in total. The Labute approximate surface area is 326 Å². The predicted octanol–water partition coefficient (Wildman–Crippen LogP) is 7.18. The number of phenols is 2. The molecule has 0 saturated carbocycles. The van der Waals surface area contributed by atoms with Crippen LogP contribution in [0.2, 0.25) is 0 Å². The molecule has 55 heavy (non-hydrogen) atoms. The fourth-order valence-corrected chi connectivity index (χ4v) is 5.51. The molecule has 0 heterocycles. The number of carbonyl (C=O) groups is 6. The minimum Gasteiger partial charge on any atom is -0.504 e. The maximum Gasteiger partial charge on any atom is 0.407 e. The Balaban J connectivity index is 2.02. The molecule has 1 rings (SSSR count). The summed E-state index contributed by atoms with van der Waals surface area (Å²) in [5.74, 6) is -2.20. The first-order valence-corrected chi connectivity index (χ1v) is 20.1.